The summed E-state index contributed by atoms with van der Waals surface area (Å²) in [6.07, 6.45) is 0. The molecular weight excluding hydrogens is 368 g/mol. The summed E-state index contributed by atoms with van der Waals surface area (Å²) in [5, 5.41) is 28.4. The van der Waals surface area contributed by atoms with E-state index in [2.05, 4.69) is 15.5 Å². The fourth-order valence-electron chi connectivity index (χ4n) is 2.70. The molecule has 0 aliphatic carbocycles. The number of hydrogen-bond acceptors (Lipinski definition) is 4. The monoisotopic (exact) mass is 386 g/mol. The van der Waals surface area contributed by atoms with Crippen LogP contribution in [0.15, 0.2) is 58.8 Å². The van der Waals surface area contributed by atoms with E-state index in [-0.39, 0.29) is 36.4 Å². The summed E-state index contributed by atoms with van der Waals surface area (Å²) in [6.45, 7) is 1.84. The average molecular weight is 387 g/mol. The van der Waals surface area contributed by atoms with Gasteiger partial charge in [-0.2, -0.15) is 0 Å². The van der Waals surface area contributed by atoms with Crippen LogP contribution in [0.3, 0.4) is 0 Å². The number of aromatic nitrogens is 1. The van der Waals surface area contributed by atoms with Gasteiger partial charge in [0.1, 0.15) is 6.54 Å². The van der Waals surface area contributed by atoms with Gasteiger partial charge in [-0.05, 0) is 30.7 Å². The molecule has 5 N–H and O–H groups in total. The number of fused-ring (bicyclic) bond motifs is 1. The maximum atomic E-state index is 12.4. The van der Waals surface area contributed by atoms with E-state index >= 15 is 0 Å². The number of nitrogens with two attached hydrogens (primary N) is 1. The molecule has 1 amide bonds. The molecule has 0 fully saturated rings. The predicted molar refractivity (Wildman–Crippen MR) is 107 cm³/mol. The fourth-order valence-corrected chi connectivity index (χ4v) is 2.70. The van der Waals surface area contributed by atoms with Crippen LogP contribution >= 0.6 is 12.4 Å². The maximum Gasteiger partial charge on any atom is 0.244 e. The number of amides is 1. The molecule has 0 aliphatic heterocycles. The highest BCUT2D eigenvalue weighted by Gasteiger charge is 2.18. The van der Waals surface area contributed by atoms with Crippen LogP contribution in [-0.2, 0) is 11.3 Å². The zero-order chi connectivity index (χ0) is 18.7. The lowest BCUT2D eigenvalue weighted by Crippen LogP contribution is -2.18. The number of carbonyl (C=O) groups is 1. The lowest BCUT2D eigenvalue weighted by atomic mass is 10.2. The minimum Gasteiger partial charge on any atom is -0.493 e. The molecule has 3 rings (SSSR count). The SMILES string of the molecule is Cc1cccc(NC(=O)Cn2c(O)c(N=NC(=N)N)c3ccccc32)c1.Cl. The number of halogens is 1. The number of azo groups is 1. The van der Waals surface area contributed by atoms with Crippen molar-refractivity contribution in [2.24, 2.45) is 16.0 Å². The van der Waals surface area contributed by atoms with Gasteiger partial charge >= 0.3 is 0 Å². The number of hydrogen-bond donors (Lipinski definition) is 4. The van der Waals surface area contributed by atoms with Gasteiger partial charge in [0, 0.05) is 11.1 Å². The number of para-hydroxylation sites is 1. The highest BCUT2D eigenvalue weighted by atomic mass is 35.5. The van der Waals surface area contributed by atoms with Gasteiger partial charge in [-0.15, -0.1) is 22.6 Å². The second-order valence-electron chi connectivity index (χ2n) is 5.78. The standard InChI is InChI=1S/C18H18N6O2.ClH/c1-11-5-4-6-12(9-11)21-15(25)10-24-14-8-3-2-7-13(14)16(17(24)26)22-23-18(19)20;/h2-9,26H,10H2,1H3,(H3,19,20)(H,21,25);1H. The van der Waals surface area contributed by atoms with Crippen LogP contribution in [0, 0.1) is 12.3 Å². The predicted octanol–water partition coefficient (Wildman–Crippen LogP) is 3.69. The minimum atomic E-state index is -0.474. The molecule has 2 aromatic carbocycles. The van der Waals surface area contributed by atoms with Crippen molar-refractivity contribution in [2.75, 3.05) is 5.32 Å². The first-order chi connectivity index (χ1) is 12.5. The van der Waals surface area contributed by atoms with Crippen molar-refractivity contribution < 1.29 is 9.90 Å². The Labute approximate surface area is 161 Å². The number of nitrogens with zero attached hydrogens (tertiary/aromatic N) is 3. The van der Waals surface area contributed by atoms with Gasteiger partial charge in [0.05, 0.1) is 5.52 Å². The largest absolute Gasteiger partial charge is 0.493 e. The molecule has 1 aromatic heterocycles. The lowest BCUT2D eigenvalue weighted by Gasteiger charge is -2.09. The number of carbonyl (C=O) groups excluding carboxylic acids is 1. The van der Waals surface area contributed by atoms with Crippen molar-refractivity contribution in [3.05, 3.63) is 54.1 Å². The van der Waals surface area contributed by atoms with Crippen molar-refractivity contribution in [3.8, 4) is 5.88 Å². The van der Waals surface area contributed by atoms with Crippen molar-refractivity contribution in [1.82, 2.24) is 4.57 Å². The third-order valence-electron chi connectivity index (χ3n) is 3.78. The Morgan fingerprint density at radius 1 is 1.26 bits per heavy atom. The molecule has 0 atom stereocenters. The minimum absolute atomic E-state index is 0. The van der Waals surface area contributed by atoms with E-state index in [1.54, 1.807) is 30.3 Å². The van der Waals surface area contributed by atoms with Crippen LogP contribution in [-0.4, -0.2) is 21.5 Å². The number of guanidine groups is 1. The third kappa shape index (κ3) is 4.42. The zero-order valence-electron chi connectivity index (χ0n) is 14.5. The van der Waals surface area contributed by atoms with E-state index in [1.807, 2.05) is 25.1 Å². The first-order valence-electron chi connectivity index (χ1n) is 7.88. The number of nitrogens with one attached hydrogen (secondary N) is 2. The molecule has 0 radical (unpaired) electrons. The second kappa shape index (κ2) is 8.33. The van der Waals surface area contributed by atoms with Crippen molar-refractivity contribution in [1.29, 1.82) is 5.41 Å². The molecule has 0 saturated heterocycles. The summed E-state index contributed by atoms with van der Waals surface area (Å²) in [4.78, 5) is 12.4. The number of anilines is 1. The summed E-state index contributed by atoms with van der Waals surface area (Å²) in [5.41, 5.74) is 7.70. The molecule has 27 heavy (non-hydrogen) atoms. The molecule has 0 bridgehead atoms. The Morgan fingerprint density at radius 3 is 2.70 bits per heavy atom. The van der Waals surface area contributed by atoms with Crippen molar-refractivity contribution >= 4 is 46.6 Å². The summed E-state index contributed by atoms with van der Waals surface area (Å²) >= 11 is 0. The molecule has 0 saturated carbocycles. The smallest absolute Gasteiger partial charge is 0.244 e. The Balaban J connectivity index is 0.00000261. The van der Waals surface area contributed by atoms with Crippen LogP contribution in [0.5, 0.6) is 5.88 Å². The molecule has 0 unspecified atom stereocenters. The molecule has 9 heteroatoms. The van der Waals surface area contributed by atoms with Gasteiger partial charge in [-0.3, -0.25) is 10.2 Å². The van der Waals surface area contributed by atoms with E-state index < -0.39 is 5.96 Å². The van der Waals surface area contributed by atoms with Gasteiger partial charge in [0.15, 0.2) is 5.69 Å². The highest BCUT2D eigenvalue weighted by Crippen LogP contribution is 2.38. The van der Waals surface area contributed by atoms with E-state index in [0.29, 0.717) is 16.6 Å². The van der Waals surface area contributed by atoms with E-state index in [9.17, 15) is 9.90 Å². The first kappa shape index (κ1) is 19.9. The summed E-state index contributed by atoms with van der Waals surface area (Å²) < 4.78 is 1.44. The van der Waals surface area contributed by atoms with Gasteiger partial charge in [0.25, 0.3) is 0 Å². The van der Waals surface area contributed by atoms with Crippen LogP contribution in [0.25, 0.3) is 10.9 Å². The van der Waals surface area contributed by atoms with Crippen LogP contribution in [0.4, 0.5) is 11.4 Å². The molecule has 140 valence electrons. The van der Waals surface area contributed by atoms with Gasteiger partial charge in [-0.1, -0.05) is 30.3 Å². The maximum absolute atomic E-state index is 12.4. The number of benzene rings is 2. The molecule has 3 aromatic rings. The summed E-state index contributed by atoms with van der Waals surface area (Å²) in [5.74, 6) is -0.976. The van der Waals surface area contributed by atoms with Crippen molar-refractivity contribution in [3.63, 3.8) is 0 Å². The first-order valence-corrected chi connectivity index (χ1v) is 7.88. The number of aryl methyl sites for hydroxylation is 1. The Kier molecular flexibility index (Phi) is 6.15. The zero-order valence-corrected chi connectivity index (χ0v) is 15.3. The number of aromatic hydroxyl groups is 1. The van der Waals surface area contributed by atoms with Crippen LogP contribution in [0.1, 0.15) is 5.56 Å². The van der Waals surface area contributed by atoms with Crippen molar-refractivity contribution in [2.45, 2.75) is 13.5 Å². The van der Waals surface area contributed by atoms with Gasteiger partial charge in [0.2, 0.25) is 17.7 Å². The van der Waals surface area contributed by atoms with E-state index in [1.165, 1.54) is 4.57 Å². The Morgan fingerprint density at radius 2 is 2.00 bits per heavy atom. The van der Waals surface area contributed by atoms with Gasteiger partial charge in [-0.25, -0.2) is 0 Å². The normalized spacial score (nSPS) is 10.7. The molecule has 0 spiro atoms. The third-order valence-corrected chi connectivity index (χ3v) is 3.78. The Hall–Kier alpha value is -3.39. The highest BCUT2D eigenvalue weighted by molar-refractivity contribution is 5.98. The molecule has 1 heterocycles. The average Bonchev–Trinajstić information content (AvgIpc) is 2.85. The molecule has 0 aliphatic rings. The topological polar surface area (TPSA) is 129 Å². The summed E-state index contributed by atoms with van der Waals surface area (Å²) in [6, 6.07) is 14.5. The lowest BCUT2D eigenvalue weighted by molar-refractivity contribution is -0.116. The second-order valence-corrected chi connectivity index (χ2v) is 5.78. The summed E-state index contributed by atoms with van der Waals surface area (Å²) in [7, 11) is 0. The Bertz CT molecular complexity index is 1030. The van der Waals surface area contributed by atoms with E-state index in [4.69, 9.17) is 11.1 Å². The fraction of sp³-hybridized carbons (Fsp3) is 0.111. The molecular formula is C18H19ClN6O2. The van der Waals surface area contributed by atoms with Gasteiger partial charge < -0.3 is 20.7 Å². The molecule has 8 nitrogen and oxygen atoms in total. The van der Waals surface area contributed by atoms with Crippen LogP contribution in [0.2, 0.25) is 0 Å². The van der Waals surface area contributed by atoms with E-state index in [0.717, 1.165) is 5.56 Å². The number of rotatable bonds is 4. The van der Waals surface area contributed by atoms with Crippen LogP contribution < -0.4 is 11.1 Å². The quantitative estimate of drug-likeness (QED) is 0.310.